The fourth-order valence-electron chi connectivity index (χ4n) is 2.06. The van der Waals surface area contributed by atoms with E-state index in [-0.39, 0.29) is 11.3 Å². The maximum absolute atomic E-state index is 11.4. The van der Waals surface area contributed by atoms with Gasteiger partial charge in [-0.15, -0.1) is 0 Å². The predicted molar refractivity (Wildman–Crippen MR) is 63.2 cm³/mol. The first kappa shape index (κ1) is 13.1. The van der Waals surface area contributed by atoms with E-state index in [2.05, 4.69) is 5.32 Å². The molecule has 0 amide bonds. The van der Waals surface area contributed by atoms with Crippen LogP contribution < -0.4 is 5.32 Å². The summed E-state index contributed by atoms with van der Waals surface area (Å²) in [6, 6.07) is 0.0588. The minimum absolute atomic E-state index is 0.0588. The average molecular weight is 253 g/mol. The summed E-state index contributed by atoms with van der Waals surface area (Å²) in [4.78, 5) is 0. The van der Waals surface area contributed by atoms with Gasteiger partial charge in [-0.05, 0) is 12.8 Å². The number of sulfone groups is 1. The normalized spacial score (nSPS) is 29.2. The van der Waals surface area contributed by atoms with Crippen LogP contribution in [0.25, 0.3) is 0 Å². The first-order chi connectivity index (χ1) is 6.91. The van der Waals surface area contributed by atoms with E-state index in [0.717, 1.165) is 19.3 Å². The Hall–Kier alpha value is 0.0600. The zero-order chi connectivity index (χ0) is 11.5. The highest BCUT2D eigenvalue weighted by Gasteiger charge is 2.34. The molecule has 15 heavy (non-hydrogen) atoms. The third-order valence-electron chi connectivity index (χ3n) is 2.80. The molecule has 0 aromatic carbocycles. The lowest BCUT2D eigenvalue weighted by Crippen LogP contribution is -2.41. The Bertz CT molecular complexity index is 326. The van der Waals surface area contributed by atoms with E-state index < -0.39 is 20.6 Å². The van der Waals surface area contributed by atoms with Crippen LogP contribution in [0.4, 0.5) is 0 Å². The van der Waals surface area contributed by atoms with E-state index in [9.17, 15) is 12.6 Å². The highest BCUT2D eigenvalue weighted by Crippen LogP contribution is 2.24. The lowest BCUT2D eigenvalue weighted by Gasteiger charge is -2.19. The maximum Gasteiger partial charge on any atom is 0.151 e. The molecule has 0 radical (unpaired) electrons. The highest BCUT2D eigenvalue weighted by molar-refractivity contribution is 7.91. The fraction of sp³-hybridized carbons (Fsp3) is 1.00. The van der Waals surface area contributed by atoms with Crippen molar-refractivity contribution in [3.63, 3.8) is 0 Å². The lowest BCUT2D eigenvalue weighted by atomic mass is 10.2. The first-order valence-corrected chi connectivity index (χ1v) is 8.81. The van der Waals surface area contributed by atoms with Gasteiger partial charge in [-0.3, -0.25) is 4.21 Å². The topological polar surface area (TPSA) is 63.2 Å². The van der Waals surface area contributed by atoms with Crippen LogP contribution in [0.3, 0.4) is 0 Å². The Labute approximate surface area is 94.2 Å². The third kappa shape index (κ3) is 4.20. The Morgan fingerprint density at radius 1 is 1.40 bits per heavy atom. The predicted octanol–water partition coefficient (Wildman–Crippen LogP) is -0.0798. The van der Waals surface area contributed by atoms with Crippen molar-refractivity contribution in [2.45, 2.75) is 30.6 Å². The van der Waals surface area contributed by atoms with E-state index in [0.29, 0.717) is 12.3 Å². The second-order valence-corrected chi connectivity index (χ2v) is 7.96. The molecule has 1 N–H and O–H groups in total. The Morgan fingerprint density at radius 3 is 2.60 bits per heavy atom. The molecule has 0 heterocycles. The van der Waals surface area contributed by atoms with Crippen LogP contribution >= 0.6 is 0 Å². The Balaban J connectivity index is 2.44. The molecule has 1 aliphatic carbocycles. The van der Waals surface area contributed by atoms with Gasteiger partial charge >= 0.3 is 0 Å². The molecule has 1 rings (SSSR count). The van der Waals surface area contributed by atoms with Crippen molar-refractivity contribution in [1.29, 1.82) is 0 Å². The van der Waals surface area contributed by atoms with Gasteiger partial charge in [0.1, 0.15) is 0 Å². The minimum Gasteiger partial charge on any atom is -0.312 e. The van der Waals surface area contributed by atoms with E-state index in [1.807, 2.05) is 0 Å². The minimum atomic E-state index is -2.94. The molecule has 1 fully saturated rings. The van der Waals surface area contributed by atoms with Gasteiger partial charge in [0.05, 0.1) is 5.25 Å². The van der Waals surface area contributed by atoms with Crippen LogP contribution in [0.5, 0.6) is 0 Å². The van der Waals surface area contributed by atoms with Gasteiger partial charge in [0.15, 0.2) is 9.84 Å². The molecule has 1 aliphatic rings. The largest absolute Gasteiger partial charge is 0.312 e. The standard InChI is InChI=1S/C9H19NO3S2/c1-14(11)7-6-10-8-4-3-5-9(8)15(2,12)13/h8-10H,3-7H2,1-2H3. The summed E-state index contributed by atoms with van der Waals surface area (Å²) < 4.78 is 33.7. The molecule has 4 nitrogen and oxygen atoms in total. The average Bonchev–Trinajstić information content (AvgIpc) is 2.50. The molecular formula is C9H19NO3S2. The fourth-order valence-corrected chi connectivity index (χ4v) is 3.89. The van der Waals surface area contributed by atoms with E-state index in [1.165, 1.54) is 6.26 Å². The molecule has 0 saturated heterocycles. The van der Waals surface area contributed by atoms with Gasteiger partial charge in [-0.2, -0.15) is 0 Å². The molecule has 1 saturated carbocycles. The van der Waals surface area contributed by atoms with Crippen LogP contribution in [-0.4, -0.2) is 48.7 Å². The van der Waals surface area contributed by atoms with Gasteiger partial charge < -0.3 is 5.32 Å². The van der Waals surface area contributed by atoms with E-state index in [1.54, 1.807) is 6.26 Å². The molecule has 3 unspecified atom stereocenters. The summed E-state index contributed by atoms with van der Waals surface area (Å²) in [6.07, 6.45) is 5.59. The van der Waals surface area contributed by atoms with Crippen molar-refractivity contribution in [1.82, 2.24) is 5.32 Å². The summed E-state index contributed by atoms with van der Waals surface area (Å²) in [7, 11) is -3.75. The second kappa shape index (κ2) is 5.41. The van der Waals surface area contributed by atoms with Crippen molar-refractivity contribution in [2.24, 2.45) is 0 Å². The summed E-state index contributed by atoms with van der Waals surface area (Å²) in [5, 5.41) is 2.95. The Kier molecular flexibility index (Phi) is 4.73. The summed E-state index contributed by atoms with van der Waals surface area (Å²) in [5.41, 5.74) is 0. The van der Waals surface area contributed by atoms with Gasteiger partial charge in [-0.1, -0.05) is 6.42 Å². The van der Waals surface area contributed by atoms with E-state index >= 15 is 0 Å². The van der Waals surface area contributed by atoms with Crippen molar-refractivity contribution in [2.75, 3.05) is 24.8 Å². The number of rotatable bonds is 5. The van der Waals surface area contributed by atoms with Crippen LogP contribution in [0, 0.1) is 0 Å². The van der Waals surface area contributed by atoms with Gasteiger partial charge in [-0.25, -0.2) is 8.42 Å². The highest BCUT2D eigenvalue weighted by atomic mass is 32.2. The van der Waals surface area contributed by atoms with Crippen molar-refractivity contribution in [3.8, 4) is 0 Å². The first-order valence-electron chi connectivity index (χ1n) is 5.13. The summed E-state index contributed by atoms with van der Waals surface area (Å²) in [6.45, 7) is 0.639. The van der Waals surface area contributed by atoms with E-state index in [4.69, 9.17) is 0 Å². The molecule has 6 heteroatoms. The third-order valence-corrected chi connectivity index (χ3v) is 5.24. The molecule has 0 aromatic rings. The second-order valence-electron chi connectivity index (χ2n) is 4.14. The number of hydrogen-bond acceptors (Lipinski definition) is 4. The molecular weight excluding hydrogens is 234 g/mol. The van der Waals surface area contributed by atoms with Gasteiger partial charge in [0.2, 0.25) is 0 Å². The van der Waals surface area contributed by atoms with Crippen molar-refractivity contribution >= 4 is 20.6 Å². The molecule has 0 aliphatic heterocycles. The van der Waals surface area contributed by atoms with Crippen molar-refractivity contribution in [3.05, 3.63) is 0 Å². The zero-order valence-electron chi connectivity index (χ0n) is 9.23. The van der Waals surface area contributed by atoms with Crippen LogP contribution in [-0.2, 0) is 20.6 Å². The van der Waals surface area contributed by atoms with Crippen LogP contribution in [0.1, 0.15) is 19.3 Å². The van der Waals surface area contributed by atoms with Crippen LogP contribution in [0.2, 0.25) is 0 Å². The molecule has 0 spiro atoms. The van der Waals surface area contributed by atoms with Gasteiger partial charge in [0.25, 0.3) is 0 Å². The molecule has 90 valence electrons. The smallest absolute Gasteiger partial charge is 0.151 e. The SMILES string of the molecule is CS(=O)CCNC1CCCC1S(C)(=O)=O. The lowest BCUT2D eigenvalue weighted by molar-refractivity contribution is 0.521. The quantitative estimate of drug-likeness (QED) is 0.744. The molecule has 0 aromatic heterocycles. The summed E-state index contributed by atoms with van der Waals surface area (Å²) >= 11 is 0. The van der Waals surface area contributed by atoms with Gasteiger partial charge in [0, 0.05) is 41.7 Å². The monoisotopic (exact) mass is 253 g/mol. The number of nitrogens with one attached hydrogen (secondary N) is 1. The number of hydrogen-bond donors (Lipinski definition) is 1. The zero-order valence-corrected chi connectivity index (χ0v) is 10.9. The van der Waals surface area contributed by atoms with Crippen LogP contribution in [0.15, 0.2) is 0 Å². The summed E-state index contributed by atoms with van der Waals surface area (Å²) in [5.74, 6) is 0.590. The maximum atomic E-state index is 11.4. The molecule has 0 bridgehead atoms. The molecule has 3 atom stereocenters. The van der Waals surface area contributed by atoms with Crippen molar-refractivity contribution < 1.29 is 12.6 Å². The Morgan fingerprint density at radius 2 is 2.07 bits per heavy atom.